The summed E-state index contributed by atoms with van der Waals surface area (Å²) in [7, 11) is 1.93. The van der Waals surface area contributed by atoms with E-state index < -0.39 is 0 Å². The third-order valence-corrected chi connectivity index (χ3v) is 5.86. The van der Waals surface area contributed by atoms with Gasteiger partial charge in [-0.15, -0.1) is 0 Å². The van der Waals surface area contributed by atoms with Gasteiger partial charge in [0.15, 0.2) is 0 Å². The SMILES string of the molecule is Cn1c(CNC(=O)C2CCCO2)nc2cc(NC(=O)C3CCCCC3)ccc21. The summed E-state index contributed by atoms with van der Waals surface area (Å²) < 4.78 is 7.39. The van der Waals surface area contributed by atoms with Crippen LogP contribution in [0.1, 0.15) is 50.8 Å². The van der Waals surface area contributed by atoms with Crippen molar-refractivity contribution in [3.8, 4) is 0 Å². The summed E-state index contributed by atoms with van der Waals surface area (Å²) in [5.74, 6) is 0.929. The highest BCUT2D eigenvalue weighted by Gasteiger charge is 2.24. The molecule has 7 nitrogen and oxygen atoms in total. The molecule has 1 aromatic heterocycles. The standard InChI is InChI=1S/C21H28N4O3/c1-25-17-10-9-15(23-20(26)14-6-3-2-4-7-14)12-16(17)24-19(25)13-22-21(27)18-8-5-11-28-18/h9-10,12,14,18H,2-8,11,13H2,1H3,(H,22,27)(H,23,26). The van der Waals surface area contributed by atoms with Gasteiger partial charge < -0.3 is 19.9 Å². The lowest BCUT2D eigenvalue weighted by Gasteiger charge is -2.20. The number of amides is 2. The Kier molecular flexibility index (Phi) is 5.62. The molecule has 0 bridgehead atoms. The number of aryl methyl sites for hydroxylation is 1. The van der Waals surface area contributed by atoms with E-state index in [1.807, 2.05) is 29.8 Å². The maximum atomic E-state index is 12.5. The summed E-state index contributed by atoms with van der Waals surface area (Å²) >= 11 is 0. The summed E-state index contributed by atoms with van der Waals surface area (Å²) in [5, 5.41) is 5.96. The van der Waals surface area contributed by atoms with Gasteiger partial charge in [0.2, 0.25) is 11.8 Å². The molecule has 2 fully saturated rings. The first kappa shape index (κ1) is 18.9. The number of hydrogen-bond donors (Lipinski definition) is 2. The average Bonchev–Trinajstić information content (AvgIpc) is 3.35. The summed E-state index contributed by atoms with van der Waals surface area (Å²) in [6.45, 7) is 1.01. The zero-order chi connectivity index (χ0) is 19.5. The quantitative estimate of drug-likeness (QED) is 0.830. The van der Waals surface area contributed by atoms with Crippen molar-refractivity contribution in [1.29, 1.82) is 0 Å². The van der Waals surface area contributed by atoms with E-state index >= 15 is 0 Å². The first-order chi connectivity index (χ1) is 13.6. The number of nitrogens with one attached hydrogen (secondary N) is 2. The van der Waals surface area contributed by atoms with Gasteiger partial charge in [0.1, 0.15) is 11.9 Å². The summed E-state index contributed by atoms with van der Waals surface area (Å²) in [4.78, 5) is 29.3. The molecule has 1 saturated heterocycles. The van der Waals surface area contributed by atoms with E-state index in [0.29, 0.717) is 13.2 Å². The van der Waals surface area contributed by atoms with E-state index in [2.05, 4.69) is 15.6 Å². The van der Waals surface area contributed by atoms with Crippen molar-refractivity contribution < 1.29 is 14.3 Å². The molecule has 2 aromatic rings. The van der Waals surface area contributed by atoms with Gasteiger partial charge in [0.25, 0.3) is 0 Å². The molecule has 4 rings (SSSR count). The number of carbonyl (C=O) groups excluding carboxylic acids is 2. The topological polar surface area (TPSA) is 85.2 Å². The van der Waals surface area contributed by atoms with Gasteiger partial charge in [-0.1, -0.05) is 19.3 Å². The zero-order valence-corrected chi connectivity index (χ0v) is 16.4. The van der Waals surface area contributed by atoms with E-state index in [0.717, 1.165) is 61.1 Å². The van der Waals surface area contributed by atoms with Crippen LogP contribution in [-0.4, -0.2) is 34.1 Å². The minimum Gasteiger partial charge on any atom is -0.368 e. The first-order valence-corrected chi connectivity index (χ1v) is 10.3. The Morgan fingerprint density at radius 2 is 1.96 bits per heavy atom. The fraction of sp³-hybridized carbons (Fsp3) is 0.571. The number of carbonyl (C=O) groups is 2. The van der Waals surface area contributed by atoms with Gasteiger partial charge in [-0.3, -0.25) is 9.59 Å². The molecule has 1 aliphatic heterocycles. The fourth-order valence-corrected chi connectivity index (χ4v) is 4.16. The second-order valence-electron chi connectivity index (χ2n) is 7.83. The minimum atomic E-state index is -0.337. The average molecular weight is 384 g/mol. The molecule has 1 atom stereocenters. The van der Waals surface area contributed by atoms with Crippen molar-refractivity contribution in [2.24, 2.45) is 13.0 Å². The van der Waals surface area contributed by atoms with Crippen LogP contribution in [0.5, 0.6) is 0 Å². The highest BCUT2D eigenvalue weighted by Crippen LogP contribution is 2.26. The van der Waals surface area contributed by atoms with Crippen LogP contribution in [-0.2, 0) is 27.9 Å². The number of benzene rings is 1. The lowest BCUT2D eigenvalue weighted by Crippen LogP contribution is -2.34. The van der Waals surface area contributed by atoms with Gasteiger partial charge in [-0.2, -0.15) is 0 Å². The molecule has 1 unspecified atom stereocenters. The van der Waals surface area contributed by atoms with Gasteiger partial charge in [-0.25, -0.2) is 4.98 Å². The Hall–Kier alpha value is -2.41. The second-order valence-corrected chi connectivity index (χ2v) is 7.83. The highest BCUT2D eigenvalue weighted by molar-refractivity contribution is 5.94. The van der Waals surface area contributed by atoms with Crippen molar-refractivity contribution in [2.45, 2.75) is 57.6 Å². The molecule has 1 aliphatic carbocycles. The van der Waals surface area contributed by atoms with Crippen LogP contribution in [0.2, 0.25) is 0 Å². The number of fused-ring (bicyclic) bond motifs is 1. The Morgan fingerprint density at radius 3 is 2.71 bits per heavy atom. The zero-order valence-electron chi connectivity index (χ0n) is 16.4. The summed E-state index contributed by atoms with van der Waals surface area (Å²) in [6, 6.07) is 5.78. The fourth-order valence-electron chi connectivity index (χ4n) is 4.16. The van der Waals surface area contributed by atoms with Gasteiger partial charge in [0, 0.05) is 25.3 Å². The third-order valence-electron chi connectivity index (χ3n) is 5.86. The number of nitrogens with zero attached hydrogens (tertiary/aromatic N) is 2. The minimum absolute atomic E-state index is 0.0787. The predicted octanol–water partition coefficient (Wildman–Crippen LogP) is 2.89. The van der Waals surface area contributed by atoms with Crippen LogP contribution in [0.3, 0.4) is 0 Å². The maximum Gasteiger partial charge on any atom is 0.249 e. The van der Waals surface area contributed by atoms with E-state index in [9.17, 15) is 9.59 Å². The third kappa shape index (κ3) is 4.04. The molecule has 1 saturated carbocycles. The normalized spacial score (nSPS) is 20.4. The monoisotopic (exact) mass is 384 g/mol. The van der Waals surface area contributed by atoms with Crippen LogP contribution < -0.4 is 10.6 Å². The Labute approximate surface area is 164 Å². The Bertz CT molecular complexity index is 864. The van der Waals surface area contributed by atoms with Crippen LogP contribution in [0.4, 0.5) is 5.69 Å². The predicted molar refractivity (Wildman–Crippen MR) is 107 cm³/mol. The molecule has 0 radical (unpaired) electrons. The van der Waals surface area contributed by atoms with E-state index in [4.69, 9.17) is 4.74 Å². The Balaban J connectivity index is 1.42. The molecule has 2 heterocycles. The first-order valence-electron chi connectivity index (χ1n) is 10.3. The molecule has 2 N–H and O–H groups in total. The molecule has 1 aromatic carbocycles. The van der Waals surface area contributed by atoms with Crippen LogP contribution >= 0.6 is 0 Å². The molecule has 2 amide bonds. The number of imidazole rings is 1. The van der Waals surface area contributed by atoms with Gasteiger partial charge in [-0.05, 0) is 43.9 Å². The molecule has 7 heteroatoms. The highest BCUT2D eigenvalue weighted by atomic mass is 16.5. The second kappa shape index (κ2) is 8.31. The number of hydrogen-bond acceptors (Lipinski definition) is 4. The lowest BCUT2D eigenvalue weighted by molar-refractivity contribution is -0.130. The van der Waals surface area contributed by atoms with Crippen molar-refractivity contribution in [2.75, 3.05) is 11.9 Å². The molecule has 0 spiro atoms. The lowest BCUT2D eigenvalue weighted by atomic mass is 9.88. The molecular formula is C21H28N4O3. The van der Waals surface area contributed by atoms with Gasteiger partial charge in [0.05, 0.1) is 17.6 Å². The van der Waals surface area contributed by atoms with Crippen molar-refractivity contribution in [1.82, 2.24) is 14.9 Å². The van der Waals surface area contributed by atoms with E-state index in [1.165, 1.54) is 6.42 Å². The van der Waals surface area contributed by atoms with Gasteiger partial charge >= 0.3 is 0 Å². The van der Waals surface area contributed by atoms with E-state index in [1.54, 1.807) is 0 Å². The number of anilines is 1. The Morgan fingerprint density at radius 1 is 1.14 bits per heavy atom. The van der Waals surface area contributed by atoms with Crippen molar-refractivity contribution in [3.05, 3.63) is 24.0 Å². The van der Waals surface area contributed by atoms with Crippen LogP contribution in [0.15, 0.2) is 18.2 Å². The molecule has 28 heavy (non-hydrogen) atoms. The van der Waals surface area contributed by atoms with Crippen molar-refractivity contribution in [3.63, 3.8) is 0 Å². The molecule has 2 aliphatic rings. The smallest absolute Gasteiger partial charge is 0.249 e. The maximum absolute atomic E-state index is 12.5. The number of aromatic nitrogens is 2. The summed E-state index contributed by atoms with van der Waals surface area (Å²) in [5.41, 5.74) is 2.55. The number of ether oxygens (including phenoxy) is 1. The molecule has 150 valence electrons. The number of rotatable bonds is 5. The largest absolute Gasteiger partial charge is 0.368 e. The molecular weight excluding hydrogens is 356 g/mol. The van der Waals surface area contributed by atoms with Crippen LogP contribution in [0.25, 0.3) is 11.0 Å². The van der Waals surface area contributed by atoms with Crippen LogP contribution in [0, 0.1) is 5.92 Å². The summed E-state index contributed by atoms with van der Waals surface area (Å²) in [6.07, 6.45) is 6.83. The van der Waals surface area contributed by atoms with E-state index in [-0.39, 0.29) is 23.8 Å². The van der Waals surface area contributed by atoms with Crippen molar-refractivity contribution >= 4 is 28.5 Å².